The van der Waals surface area contributed by atoms with E-state index in [0.717, 1.165) is 0 Å². The van der Waals surface area contributed by atoms with Gasteiger partial charge in [0.1, 0.15) is 0 Å². The zero-order valence-corrected chi connectivity index (χ0v) is 11.0. The number of likely N-dealkylation sites (N-methyl/N-ethyl adjacent to an activating group) is 1. The van der Waals surface area contributed by atoms with Gasteiger partial charge in [0.2, 0.25) is 0 Å². The molecular weight excluding hydrogens is 234 g/mol. The van der Waals surface area contributed by atoms with Gasteiger partial charge in [0.15, 0.2) is 5.82 Å². The lowest BCUT2D eigenvalue weighted by Crippen LogP contribution is -2.25. The molecule has 0 unspecified atom stereocenters. The SMILES string of the molecule is CCOCCN(C)c1nccc(C(=O)OC)c1N. The number of nitrogens with zero attached hydrogens (tertiary/aromatic N) is 2. The van der Waals surface area contributed by atoms with Gasteiger partial charge in [-0.25, -0.2) is 9.78 Å². The first-order valence-corrected chi connectivity index (χ1v) is 5.73. The van der Waals surface area contributed by atoms with E-state index in [0.29, 0.717) is 36.8 Å². The second-order valence-electron chi connectivity index (χ2n) is 3.71. The molecule has 0 fully saturated rings. The molecule has 6 heteroatoms. The largest absolute Gasteiger partial charge is 0.465 e. The van der Waals surface area contributed by atoms with Gasteiger partial charge in [-0.05, 0) is 13.0 Å². The van der Waals surface area contributed by atoms with Crippen LogP contribution in [0.4, 0.5) is 11.5 Å². The van der Waals surface area contributed by atoms with E-state index in [4.69, 9.17) is 10.5 Å². The van der Waals surface area contributed by atoms with Crippen LogP contribution in [0.25, 0.3) is 0 Å². The van der Waals surface area contributed by atoms with Crippen LogP contribution in [-0.4, -0.2) is 44.9 Å². The number of rotatable bonds is 6. The van der Waals surface area contributed by atoms with E-state index in [1.54, 1.807) is 6.07 Å². The predicted octanol–water partition coefficient (Wildman–Crippen LogP) is 0.923. The highest BCUT2D eigenvalue weighted by atomic mass is 16.5. The van der Waals surface area contributed by atoms with Crippen molar-refractivity contribution in [2.24, 2.45) is 0 Å². The summed E-state index contributed by atoms with van der Waals surface area (Å²) in [5, 5.41) is 0. The van der Waals surface area contributed by atoms with Gasteiger partial charge < -0.3 is 20.1 Å². The Balaban J connectivity index is 2.85. The number of carbonyl (C=O) groups excluding carboxylic acids is 1. The fourth-order valence-electron chi connectivity index (χ4n) is 1.51. The lowest BCUT2D eigenvalue weighted by Gasteiger charge is -2.20. The quantitative estimate of drug-likeness (QED) is 0.600. The van der Waals surface area contributed by atoms with Crippen molar-refractivity contribution in [2.45, 2.75) is 6.92 Å². The van der Waals surface area contributed by atoms with E-state index >= 15 is 0 Å². The van der Waals surface area contributed by atoms with E-state index in [9.17, 15) is 4.79 Å². The molecule has 100 valence electrons. The molecule has 0 bridgehead atoms. The van der Waals surface area contributed by atoms with Crippen LogP contribution in [0.15, 0.2) is 12.3 Å². The highest BCUT2D eigenvalue weighted by Crippen LogP contribution is 2.23. The van der Waals surface area contributed by atoms with Crippen LogP contribution in [0.3, 0.4) is 0 Å². The maximum absolute atomic E-state index is 11.5. The summed E-state index contributed by atoms with van der Waals surface area (Å²) >= 11 is 0. The average Bonchev–Trinajstić information content (AvgIpc) is 2.38. The lowest BCUT2D eigenvalue weighted by molar-refractivity contribution is 0.0602. The van der Waals surface area contributed by atoms with Crippen molar-refractivity contribution in [2.75, 3.05) is 44.5 Å². The smallest absolute Gasteiger partial charge is 0.340 e. The number of hydrogen-bond acceptors (Lipinski definition) is 6. The van der Waals surface area contributed by atoms with Crippen LogP contribution in [0.2, 0.25) is 0 Å². The molecule has 0 aliphatic carbocycles. The Labute approximate surface area is 107 Å². The van der Waals surface area contributed by atoms with Crippen LogP contribution in [0.1, 0.15) is 17.3 Å². The highest BCUT2D eigenvalue weighted by molar-refractivity contribution is 5.97. The molecule has 1 aromatic heterocycles. The van der Waals surface area contributed by atoms with Gasteiger partial charge in [-0.15, -0.1) is 0 Å². The fourth-order valence-corrected chi connectivity index (χ4v) is 1.51. The molecule has 2 N–H and O–H groups in total. The third-order valence-corrected chi connectivity index (χ3v) is 2.51. The van der Waals surface area contributed by atoms with Crippen LogP contribution < -0.4 is 10.6 Å². The number of nitrogens with two attached hydrogens (primary N) is 1. The Hall–Kier alpha value is -1.82. The van der Waals surface area contributed by atoms with Crippen molar-refractivity contribution in [3.8, 4) is 0 Å². The molecule has 0 aromatic carbocycles. The molecule has 1 heterocycles. The third kappa shape index (κ3) is 3.33. The van der Waals surface area contributed by atoms with Crippen LogP contribution >= 0.6 is 0 Å². The van der Waals surface area contributed by atoms with Gasteiger partial charge in [-0.1, -0.05) is 0 Å². The number of hydrogen-bond donors (Lipinski definition) is 1. The van der Waals surface area contributed by atoms with Gasteiger partial charge in [-0.3, -0.25) is 0 Å². The molecule has 0 saturated carbocycles. The molecule has 6 nitrogen and oxygen atoms in total. The van der Waals surface area contributed by atoms with Crippen molar-refractivity contribution in [3.05, 3.63) is 17.8 Å². The zero-order chi connectivity index (χ0) is 13.5. The Morgan fingerprint density at radius 3 is 2.89 bits per heavy atom. The first kappa shape index (κ1) is 14.2. The molecule has 0 amide bonds. The third-order valence-electron chi connectivity index (χ3n) is 2.51. The standard InChI is InChI=1S/C12H19N3O3/c1-4-18-8-7-15(2)11-10(13)9(5-6-14-11)12(16)17-3/h5-6H,4,7-8,13H2,1-3H3. The van der Waals surface area contributed by atoms with Gasteiger partial charge in [-0.2, -0.15) is 0 Å². The summed E-state index contributed by atoms with van der Waals surface area (Å²) < 4.78 is 9.92. The van der Waals surface area contributed by atoms with Crippen molar-refractivity contribution >= 4 is 17.5 Å². The van der Waals surface area contributed by atoms with Gasteiger partial charge >= 0.3 is 5.97 Å². The maximum atomic E-state index is 11.5. The summed E-state index contributed by atoms with van der Waals surface area (Å²) in [4.78, 5) is 17.5. The maximum Gasteiger partial charge on any atom is 0.340 e. The number of ether oxygens (including phenoxy) is 2. The molecule has 0 atom stereocenters. The first-order chi connectivity index (χ1) is 8.61. The van der Waals surface area contributed by atoms with Gasteiger partial charge in [0.05, 0.1) is 25.0 Å². The van der Waals surface area contributed by atoms with Gasteiger partial charge in [0.25, 0.3) is 0 Å². The molecule has 0 aliphatic heterocycles. The van der Waals surface area contributed by atoms with E-state index in [1.165, 1.54) is 13.3 Å². The first-order valence-electron chi connectivity index (χ1n) is 5.73. The molecule has 0 spiro atoms. The molecule has 0 saturated heterocycles. The van der Waals surface area contributed by atoms with Gasteiger partial charge in [0, 0.05) is 26.4 Å². The van der Waals surface area contributed by atoms with E-state index in [1.807, 2.05) is 18.9 Å². The molecule has 1 rings (SSSR count). The van der Waals surface area contributed by atoms with Crippen LogP contribution in [-0.2, 0) is 9.47 Å². The minimum Gasteiger partial charge on any atom is -0.465 e. The van der Waals surface area contributed by atoms with Crippen molar-refractivity contribution < 1.29 is 14.3 Å². The number of anilines is 2. The summed E-state index contributed by atoms with van der Waals surface area (Å²) in [5.74, 6) is 0.0898. The number of esters is 1. The number of pyridine rings is 1. The Morgan fingerprint density at radius 1 is 1.56 bits per heavy atom. The summed E-state index contributed by atoms with van der Waals surface area (Å²) in [5.41, 5.74) is 6.57. The molecule has 0 aliphatic rings. The number of aromatic nitrogens is 1. The van der Waals surface area contributed by atoms with Crippen molar-refractivity contribution in [1.82, 2.24) is 4.98 Å². The Morgan fingerprint density at radius 2 is 2.28 bits per heavy atom. The van der Waals surface area contributed by atoms with E-state index in [2.05, 4.69) is 9.72 Å². The molecule has 18 heavy (non-hydrogen) atoms. The predicted molar refractivity (Wildman–Crippen MR) is 69.8 cm³/mol. The molecular formula is C12H19N3O3. The normalized spacial score (nSPS) is 10.2. The van der Waals surface area contributed by atoms with Crippen LogP contribution in [0, 0.1) is 0 Å². The lowest BCUT2D eigenvalue weighted by atomic mass is 10.2. The minimum atomic E-state index is -0.464. The molecule has 1 aromatic rings. The fraction of sp³-hybridized carbons (Fsp3) is 0.500. The summed E-state index contributed by atoms with van der Waals surface area (Å²) in [7, 11) is 3.17. The Bertz CT molecular complexity index is 410. The molecule has 0 radical (unpaired) electrons. The van der Waals surface area contributed by atoms with Crippen molar-refractivity contribution in [3.63, 3.8) is 0 Å². The summed E-state index contributed by atoms with van der Waals surface area (Å²) in [6.07, 6.45) is 1.54. The second kappa shape index (κ2) is 6.80. The summed E-state index contributed by atoms with van der Waals surface area (Å²) in [6.45, 7) is 3.83. The number of nitrogen functional groups attached to an aromatic ring is 1. The van der Waals surface area contributed by atoms with Crippen LogP contribution in [0.5, 0.6) is 0 Å². The van der Waals surface area contributed by atoms with E-state index < -0.39 is 5.97 Å². The van der Waals surface area contributed by atoms with E-state index in [-0.39, 0.29) is 0 Å². The second-order valence-corrected chi connectivity index (χ2v) is 3.71. The highest BCUT2D eigenvalue weighted by Gasteiger charge is 2.16. The Kier molecular flexibility index (Phi) is 5.38. The van der Waals surface area contributed by atoms with Crippen molar-refractivity contribution in [1.29, 1.82) is 0 Å². The average molecular weight is 253 g/mol. The minimum absolute atomic E-state index is 0.323. The number of methoxy groups -OCH3 is 1. The monoisotopic (exact) mass is 253 g/mol. The zero-order valence-electron chi connectivity index (χ0n) is 11.0. The summed E-state index contributed by atoms with van der Waals surface area (Å²) in [6, 6.07) is 1.54. The topological polar surface area (TPSA) is 77.7 Å². The number of carbonyl (C=O) groups is 1.